The summed E-state index contributed by atoms with van der Waals surface area (Å²) >= 11 is 0. The van der Waals surface area contributed by atoms with Crippen LogP contribution in [-0.4, -0.2) is 23.3 Å². The van der Waals surface area contributed by atoms with E-state index in [1.807, 2.05) is 0 Å². The van der Waals surface area contributed by atoms with Gasteiger partial charge < -0.3 is 15.6 Å². The van der Waals surface area contributed by atoms with E-state index >= 15 is 0 Å². The van der Waals surface area contributed by atoms with E-state index in [-0.39, 0.29) is 23.6 Å². The van der Waals surface area contributed by atoms with Crippen molar-refractivity contribution in [2.75, 3.05) is 11.9 Å². The van der Waals surface area contributed by atoms with Gasteiger partial charge in [0.2, 0.25) is 5.56 Å². The Morgan fingerprint density at radius 1 is 1.14 bits per heavy atom. The summed E-state index contributed by atoms with van der Waals surface area (Å²) in [5.41, 5.74) is 0.632. The molecule has 2 amide bonds. The van der Waals surface area contributed by atoms with E-state index in [9.17, 15) is 14.4 Å². The van der Waals surface area contributed by atoms with E-state index in [2.05, 4.69) is 21.5 Å². The van der Waals surface area contributed by atoms with Gasteiger partial charge in [0.05, 0.1) is 23.4 Å². The third-order valence-electron chi connectivity index (χ3n) is 2.82. The minimum atomic E-state index is -0.437. The lowest BCUT2D eigenvalue weighted by atomic mass is 10.1. The standard InChI is InChI=1S/C16H13N3O3/c1-2-9-17-16(22)12-5-3-4-6-13(12)19-15(21)11-7-8-14(20)18-10-11/h1,3-8,10H,9H2,(H,17,22)(H,18,20)(H,19,21). The maximum absolute atomic E-state index is 12.1. The maximum Gasteiger partial charge on any atom is 0.257 e. The Hall–Kier alpha value is -3.33. The second-order valence-corrected chi connectivity index (χ2v) is 4.33. The van der Waals surface area contributed by atoms with Crippen molar-refractivity contribution in [3.63, 3.8) is 0 Å². The van der Waals surface area contributed by atoms with Crippen LogP contribution in [0.3, 0.4) is 0 Å². The molecule has 0 atom stereocenters. The number of carbonyl (C=O) groups excluding carboxylic acids is 2. The fraction of sp³-hybridized carbons (Fsp3) is 0.0625. The number of benzene rings is 1. The Kier molecular flexibility index (Phi) is 4.73. The summed E-state index contributed by atoms with van der Waals surface area (Å²) in [5.74, 6) is 1.49. The smallest absolute Gasteiger partial charge is 0.257 e. The van der Waals surface area contributed by atoms with Crippen molar-refractivity contribution in [3.8, 4) is 12.3 Å². The number of pyridine rings is 1. The third-order valence-corrected chi connectivity index (χ3v) is 2.82. The zero-order chi connectivity index (χ0) is 15.9. The second-order valence-electron chi connectivity index (χ2n) is 4.33. The number of H-pyrrole nitrogens is 1. The maximum atomic E-state index is 12.1. The summed E-state index contributed by atoms with van der Waals surface area (Å²) in [6.07, 6.45) is 6.40. The molecule has 22 heavy (non-hydrogen) atoms. The molecule has 0 spiro atoms. The molecule has 0 saturated carbocycles. The minimum Gasteiger partial charge on any atom is -0.341 e. The van der Waals surface area contributed by atoms with Gasteiger partial charge in [0.15, 0.2) is 0 Å². The van der Waals surface area contributed by atoms with E-state index in [0.717, 1.165) is 0 Å². The summed E-state index contributed by atoms with van der Waals surface area (Å²) in [5, 5.41) is 5.17. The number of nitrogens with one attached hydrogen (secondary N) is 3. The molecule has 0 unspecified atom stereocenters. The van der Waals surface area contributed by atoms with Gasteiger partial charge in [-0.3, -0.25) is 14.4 Å². The molecule has 1 aromatic heterocycles. The first-order valence-electron chi connectivity index (χ1n) is 6.42. The lowest BCUT2D eigenvalue weighted by Crippen LogP contribution is -2.25. The Morgan fingerprint density at radius 2 is 1.91 bits per heavy atom. The lowest BCUT2D eigenvalue weighted by Gasteiger charge is -2.10. The lowest BCUT2D eigenvalue weighted by molar-refractivity contribution is 0.0959. The normalized spacial score (nSPS) is 9.59. The van der Waals surface area contributed by atoms with Crippen LogP contribution in [0.4, 0.5) is 5.69 Å². The van der Waals surface area contributed by atoms with Crippen molar-refractivity contribution >= 4 is 17.5 Å². The zero-order valence-electron chi connectivity index (χ0n) is 11.6. The number of carbonyl (C=O) groups is 2. The third kappa shape index (κ3) is 3.61. The van der Waals surface area contributed by atoms with Gasteiger partial charge in [-0.2, -0.15) is 0 Å². The largest absolute Gasteiger partial charge is 0.341 e. The van der Waals surface area contributed by atoms with Crippen LogP contribution in [0, 0.1) is 12.3 Å². The van der Waals surface area contributed by atoms with Crippen LogP contribution >= 0.6 is 0 Å². The number of anilines is 1. The van der Waals surface area contributed by atoms with Crippen LogP contribution < -0.4 is 16.2 Å². The highest BCUT2D eigenvalue weighted by molar-refractivity contribution is 6.08. The summed E-state index contributed by atoms with van der Waals surface area (Å²) < 4.78 is 0. The molecule has 1 heterocycles. The highest BCUT2D eigenvalue weighted by Crippen LogP contribution is 2.15. The summed E-state index contributed by atoms with van der Waals surface area (Å²) in [7, 11) is 0. The topological polar surface area (TPSA) is 91.1 Å². The molecule has 0 radical (unpaired) electrons. The highest BCUT2D eigenvalue weighted by atomic mass is 16.2. The van der Waals surface area contributed by atoms with Crippen molar-refractivity contribution in [1.29, 1.82) is 0 Å². The average molecular weight is 295 g/mol. The van der Waals surface area contributed by atoms with Gasteiger partial charge in [0.1, 0.15) is 0 Å². The summed E-state index contributed by atoms with van der Waals surface area (Å²) in [4.78, 5) is 37.5. The molecule has 110 valence electrons. The van der Waals surface area contributed by atoms with E-state index in [1.165, 1.54) is 18.3 Å². The number of aromatic amines is 1. The number of amides is 2. The van der Waals surface area contributed by atoms with Crippen molar-refractivity contribution < 1.29 is 9.59 Å². The van der Waals surface area contributed by atoms with Crippen LogP contribution in [0.1, 0.15) is 20.7 Å². The van der Waals surface area contributed by atoms with Gasteiger partial charge in [-0.1, -0.05) is 18.1 Å². The Bertz CT molecular complexity index is 782. The predicted molar refractivity (Wildman–Crippen MR) is 82.6 cm³/mol. The Labute approximate surface area is 126 Å². The summed E-state index contributed by atoms with van der Waals surface area (Å²) in [6.45, 7) is 0.0983. The van der Waals surface area contributed by atoms with Crippen molar-refractivity contribution in [2.24, 2.45) is 0 Å². The van der Waals surface area contributed by atoms with E-state index < -0.39 is 5.91 Å². The number of para-hydroxylation sites is 1. The number of hydrogen-bond acceptors (Lipinski definition) is 3. The molecule has 0 aliphatic rings. The van der Waals surface area contributed by atoms with Gasteiger partial charge in [-0.25, -0.2) is 0 Å². The van der Waals surface area contributed by atoms with Crippen LogP contribution in [0.5, 0.6) is 0 Å². The van der Waals surface area contributed by atoms with E-state index in [0.29, 0.717) is 11.3 Å². The van der Waals surface area contributed by atoms with Crippen LogP contribution in [0.15, 0.2) is 47.4 Å². The average Bonchev–Trinajstić information content (AvgIpc) is 2.53. The molecule has 1 aromatic carbocycles. The molecule has 3 N–H and O–H groups in total. The molecule has 0 aliphatic carbocycles. The molecule has 0 saturated heterocycles. The van der Waals surface area contributed by atoms with Crippen LogP contribution in [-0.2, 0) is 0 Å². The van der Waals surface area contributed by atoms with Gasteiger partial charge in [-0.15, -0.1) is 6.42 Å². The van der Waals surface area contributed by atoms with Crippen molar-refractivity contribution in [3.05, 3.63) is 64.1 Å². The zero-order valence-corrected chi connectivity index (χ0v) is 11.6. The highest BCUT2D eigenvalue weighted by Gasteiger charge is 2.13. The molecular weight excluding hydrogens is 282 g/mol. The first-order valence-corrected chi connectivity index (χ1v) is 6.42. The Morgan fingerprint density at radius 3 is 2.59 bits per heavy atom. The molecule has 0 aliphatic heterocycles. The molecule has 0 bridgehead atoms. The molecule has 6 nitrogen and oxygen atoms in total. The quantitative estimate of drug-likeness (QED) is 0.735. The molecule has 6 heteroatoms. The van der Waals surface area contributed by atoms with Gasteiger partial charge in [-0.05, 0) is 18.2 Å². The monoisotopic (exact) mass is 295 g/mol. The second kappa shape index (κ2) is 6.90. The molecule has 0 fully saturated rings. The van der Waals surface area contributed by atoms with Gasteiger partial charge in [0.25, 0.3) is 11.8 Å². The van der Waals surface area contributed by atoms with Crippen LogP contribution in [0.2, 0.25) is 0 Å². The summed E-state index contributed by atoms with van der Waals surface area (Å²) in [6, 6.07) is 9.21. The number of aromatic nitrogens is 1. The number of hydrogen-bond donors (Lipinski definition) is 3. The van der Waals surface area contributed by atoms with Crippen molar-refractivity contribution in [2.45, 2.75) is 0 Å². The molecule has 2 rings (SSSR count). The Balaban J connectivity index is 2.21. The van der Waals surface area contributed by atoms with Crippen molar-refractivity contribution in [1.82, 2.24) is 10.3 Å². The van der Waals surface area contributed by atoms with Gasteiger partial charge >= 0.3 is 0 Å². The fourth-order valence-electron chi connectivity index (χ4n) is 1.76. The van der Waals surface area contributed by atoms with Crippen LogP contribution in [0.25, 0.3) is 0 Å². The fourth-order valence-corrected chi connectivity index (χ4v) is 1.76. The first kappa shape index (κ1) is 15.1. The van der Waals surface area contributed by atoms with E-state index in [1.54, 1.807) is 24.3 Å². The first-order chi connectivity index (χ1) is 10.6. The van der Waals surface area contributed by atoms with E-state index in [4.69, 9.17) is 6.42 Å². The molecular formula is C16H13N3O3. The SMILES string of the molecule is C#CCNC(=O)c1ccccc1NC(=O)c1ccc(=O)[nH]c1. The number of terminal acetylenes is 1. The van der Waals surface area contributed by atoms with Gasteiger partial charge in [0, 0.05) is 12.3 Å². The minimum absolute atomic E-state index is 0.0983. The molecule has 2 aromatic rings. The predicted octanol–water partition coefficient (Wildman–Crippen LogP) is 0.990. The number of rotatable bonds is 4.